The molecule has 0 rings (SSSR count). The van der Waals surface area contributed by atoms with Gasteiger partial charge in [0.15, 0.2) is 6.10 Å². The smallest absolute Gasteiger partial charge is 0.306 e. The normalized spacial score (nSPS) is 12.9. The van der Waals surface area contributed by atoms with Crippen LogP contribution >= 0.6 is 0 Å². The molecule has 0 saturated heterocycles. The van der Waals surface area contributed by atoms with E-state index in [0.717, 1.165) is 154 Å². The zero-order valence-corrected chi connectivity index (χ0v) is 49.5. The van der Waals surface area contributed by atoms with Crippen molar-refractivity contribution >= 4 is 17.9 Å². The minimum absolute atomic E-state index is 0.0949. The van der Waals surface area contributed by atoms with Gasteiger partial charge in [-0.1, -0.05) is 251 Å². The van der Waals surface area contributed by atoms with Gasteiger partial charge in [-0.2, -0.15) is 0 Å². The molecule has 432 valence electrons. The summed E-state index contributed by atoms with van der Waals surface area (Å²) in [7, 11) is 0. The van der Waals surface area contributed by atoms with Gasteiger partial charge in [-0.3, -0.25) is 14.4 Å². The second-order valence-corrected chi connectivity index (χ2v) is 20.6. The molecule has 0 aliphatic carbocycles. The number of carbonyl (C=O) groups is 3. The number of unbranched alkanes of at least 4 members (excludes halogenated alkanes) is 25. The fourth-order valence-corrected chi connectivity index (χ4v) is 8.45. The molecular weight excluding hydrogens is 937 g/mol. The lowest BCUT2D eigenvalue weighted by Crippen LogP contribution is -2.30. The molecule has 0 aromatic rings. The van der Waals surface area contributed by atoms with Gasteiger partial charge in [-0.15, -0.1) is 0 Å². The zero-order valence-electron chi connectivity index (χ0n) is 49.5. The van der Waals surface area contributed by atoms with Crippen molar-refractivity contribution in [3.05, 3.63) is 122 Å². The summed E-state index contributed by atoms with van der Waals surface area (Å²) in [5, 5.41) is 0. The maximum Gasteiger partial charge on any atom is 0.306 e. The molecule has 0 heterocycles. The monoisotopic (exact) mass is 1050 g/mol. The van der Waals surface area contributed by atoms with Gasteiger partial charge >= 0.3 is 17.9 Å². The first-order chi connectivity index (χ1) is 37.5. The fraction of sp³-hybridized carbons (Fsp3) is 0.671. The highest BCUT2D eigenvalue weighted by atomic mass is 16.6. The van der Waals surface area contributed by atoms with Crippen LogP contribution in [0.3, 0.4) is 0 Å². The van der Waals surface area contributed by atoms with E-state index in [1.54, 1.807) is 0 Å². The number of esters is 3. The van der Waals surface area contributed by atoms with Crippen LogP contribution in [0.25, 0.3) is 0 Å². The second-order valence-electron chi connectivity index (χ2n) is 20.6. The molecule has 0 bridgehead atoms. The number of carbonyl (C=O) groups excluding carboxylic acids is 3. The SMILES string of the molecule is CC/C=C\C/C=C\C/C=C\C/C=C\C/C=C\C/C=C\CCCCCCCCCCC(=O)OCC(COC(=O)CCCCCCC/C=C\C/C=C\CCCCC)OC(=O)CCCCCCC/C=C\C/C=C\CCCCCC. The topological polar surface area (TPSA) is 78.9 Å². The molecule has 1 atom stereocenters. The molecule has 1 unspecified atom stereocenters. The van der Waals surface area contributed by atoms with E-state index in [-0.39, 0.29) is 31.1 Å². The van der Waals surface area contributed by atoms with Gasteiger partial charge in [0.05, 0.1) is 0 Å². The van der Waals surface area contributed by atoms with Crippen molar-refractivity contribution in [3.8, 4) is 0 Å². The van der Waals surface area contributed by atoms with Crippen LogP contribution in [0.1, 0.15) is 284 Å². The van der Waals surface area contributed by atoms with Crippen LogP contribution in [-0.4, -0.2) is 37.2 Å². The van der Waals surface area contributed by atoms with E-state index in [2.05, 4.69) is 142 Å². The van der Waals surface area contributed by atoms with E-state index in [4.69, 9.17) is 14.2 Å². The minimum Gasteiger partial charge on any atom is -0.462 e. The Morgan fingerprint density at radius 3 is 0.829 bits per heavy atom. The third kappa shape index (κ3) is 60.7. The molecule has 0 fully saturated rings. The fourth-order valence-electron chi connectivity index (χ4n) is 8.45. The van der Waals surface area contributed by atoms with Gasteiger partial charge in [0, 0.05) is 19.3 Å². The average molecular weight is 1050 g/mol. The first-order valence-corrected chi connectivity index (χ1v) is 31.5. The Kier molecular flexibility index (Phi) is 59.9. The predicted octanol–water partition coefficient (Wildman–Crippen LogP) is 21.6. The standard InChI is InChI=1S/C70H116O6/c1-4-7-10-13-16-19-22-25-28-30-31-32-33-34-35-36-37-38-39-40-43-45-48-51-54-57-60-63-69(72)75-66-67(65-74-68(71)62-59-56-53-50-47-44-41-27-24-21-18-15-12-9-6-3)76-70(73)64-61-58-55-52-49-46-42-29-26-23-20-17-14-11-8-5-2/h7,10,16,18-21,23,25,27-29,31-32,34-35,37-38,41-42,67H,4-6,8-9,11-15,17,22,24,26,30,33,36,39-40,43-66H2,1-3H3/b10-7-,19-16-,21-18-,23-20-,28-25-,32-31-,35-34-,38-37-,41-27-,42-29-. The van der Waals surface area contributed by atoms with Crippen LogP contribution in [0.15, 0.2) is 122 Å². The molecule has 0 saturated carbocycles. The first kappa shape index (κ1) is 71.8. The first-order valence-electron chi connectivity index (χ1n) is 31.5. The number of hydrogen-bond donors (Lipinski definition) is 0. The minimum atomic E-state index is -0.799. The molecule has 0 aromatic carbocycles. The molecular formula is C70H116O6. The summed E-state index contributed by atoms with van der Waals surface area (Å²) in [6, 6.07) is 0. The van der Waals surface area contributed by atoms with Crippen LogP contribution in [0.2, 0.25) is 0 Å². The summed E-state index contributed by atoms with van der Waals surface area (Å²) in [4.78, 5) is 38.3. The molecule has 0 N–H and O–H groups in total. The molecule has 76 heavy (non-hydrogen) atoms. The van der Waals surface area contributed by atoms with Gasteiger partial charge < -0.3 is 14.2 Å². The summed E-state index contributed by atoms with van der Waals surface area (Å²) in [5.74, 6) is -0.927. The maximum atomic E-state index is 12.9. The van der Waals surface area contributed by atoms with Gasteiger partial charge in [0.25, 0.3) is 0 Å². The summed E-state index contributed by atoms with van der Waals surface area (Å²) in [5.41, 5.74) is 0. The lowest BCUT2D eigenvalue weighted by Gasteiger charge is -2.18. The molecule has 0 spiro atoms. The lowest BCUT2D eigenvalue weighted by atomic mass is 10.1. The van der Waals surface area contributed by atoms with Crippen LogP contribution in [-0.2, 0) is 28.6 Å². The van der Waals surface area contributed by atoms with Crippen LogP contribution in [0.4, 0.5) is 0 Å². The number of rotatable bonds is 56. The molecule has 6 nitrogen and oxygen atoms in total. The van der Waals surface area contributed by atoms with Crippen molar-refractivity contribution in [3.63, 3.8) is 0 Å². The Morgan fingerprint density at radius 1 is 0.276 bits per heavy atom. The highest BCUT2D eigenvalue weighted by Crippen LogP contribution is 2.14. The Labute approximate surface area is 469 Å². The van der Waals surface area contributed by atoms with Crippen LogP contribution in [0, 0.1) is 0 Å². The Morgan fingerprint density at radius 2 is 0.513 bits per heavy atom. The summed E-state index contributed by atoms with van der Waals surface area (Å²) < 4.78 is 16.9. The van der Waals surface area contributed by atoms with Crippen molar-refractivity contribution in [1.29, 1.82) is 0 Å². The Balaban J connectivity index is 4.39. The highest BCUT2D eigenvalue weighted by Gasteiger charge is 2.19. The van der Waals surface area contributed by atoms with Crippen LogP contribution < -0.4 is 0 Å². The predicted molar refractivity (Wildman–Crippen MR) is 330 cm³/mol. The third-order valence-electron chi connectivity index (χ3n) is 13.2. The van der Waals surface area contributed by atoms with Gasteiger partial charge in [0.1, 0.15) is 13.2 Å². The van der Waals surface area contributed by atoms with Gasteiger partial charge in [-0.25, -0.2) is 0 Å². The summed E-state index contributed by atoms with van der Waals surface area (Å²) in [6.07, 6.45) is 87.6. The van der Waals surface area contributed by atoms with Crippen molar-refractivity contribution in [1.82, 2.24) is 0 Å². The molecule has 0 aromatic heterocycles. The molecule has 6 heteroatoms. The summed E-state index contributed by atoms with van der Waals surface area (Å²) >= 11 is 0. The molecule has 0 aliphatic rings. The summed E-state index contributed by atoms with van der Waals surface area (Å²) in [6.45, 7) is 6.46. The maximum absolute atomic E-state index is 12.9. The van der Waals surface area contributed by atoms with E-state index in [0.29, 0.717) is 19.3 Å². The largest absolute Gasteiger partial charge is 0.462 e. The second kappa shape index (κ2) is 63.3. The van der Waals surface area contributed by atoms with E-state index in [9.17, 15) is 14.4 Å². The molecule has 0 amide bonds. The lowest BCUT2D eigenvalue weighted by molar-refractivity contribution is -0.167. The number of allylic oxidation sites excluding steroid dienone is 20. The van der Waals surface area contributed by atoms with Gasteiger partial charge in [-0.05, 0) is 135 Å². The Bertz CT molecular complexity index is 1590. The zero-order chi connectivity index (χ0) is 55.0. The van der Waals surface area contributed by atoms with E-state index in [1.165, 1.54) is 89.9 Å². The third-order valence-corrected chi connectivity index (χ3v) is 13.2. The molecule has 0 radical (unpaired) electrons. The van der Waals surface area contributed by atoms with E-state index in [1.807, 2.05) is 0 Å². The number of hydrogen-bond acceptors (Lipinski definition) is 6. The van der Waals surface area contributed by atoms with E-state index < -0.39 is 6.10 Å². The van der Waals surface area contributed by atoms with Crippen molar-refractivity contribution < 1.29 is 28.6 Å². The highest BCUT2D eigenvalue weighted by molar-refractivity contribution is 5.71. The van der Waals surface area contributed by atoms with Crippen molar-refractivity contribution in [2.75, 3.05) is 13.2 Å². The quantitative estimate of drug-likeness (QED) is 0.0261. The van der Waals surface area contributed by atoms with Gasteiger partial charge in [0.2, 0.25) is 0 Å². The Hall–Kier alpha value is -4.19. The van der Waals surface area contributed by atoms with Crippen LogP contribution in [0.5, 0.6) is 0 Å². The number of ether oxygens (including phenoxy) is 3. The van der Waals surface area contributed by atoms with Crippen molar-refractivity contribution in [2.24, 2.45) is 0 Å². The van der Waals surface area contributed by atoms with Crippen molar-refractivity contribution in [2.45, 2.75) is 290 Å². The molecule has 0 aliphatic heterocycles. The van der Waals surface area contributed by atoms with E-state index >= 15 is 0 Å². The average Bonchev–Trinajstić information content (AvgIpc) is 3.42.